The van der Waals surface area contributed by atoms with Gasteiger partial charge in [0.25, 0.3) is 0 Å². The van der Waals surface area contributed by atoms with Gasteiger partial charge in [-0.1, -0.05) is 18.7 Å². The monoisotopic (exact) mass is 496 g/mol. The first-order valence-electron chi connectivity index (χ1n) is 9.60. The second-order valence-corrected chi connectivity index (χ2v) is 8.45. The van der Waals surface area contributed by atoms with Gasteiger partial charge in [-0.3, -0.25) is 0 Å². The number of allylic oxidation sites excluding steroid dienone is 1. The average Bonchev–Trinajstić information content (AvgIpc) is 3.12. The van der Waals surface area contributed by atoms with Crippen molar-refractivity contribution in [2.24, 2.45) is 0 Å². The van der Waals surface area contributed by atoms with Crippen LogP contribution in [0.25, 0.3) is 0 Å². The maximum Gasteiger partial charge on any atom is 0.338 e. The quantitative estimate of drug-likeness (QED) is 0.424. The molecule has 8 nitrogen and oxygen atoms in total. The van der Waals surface area contributed by atoms with E-state index in [-0.39, 0.29) is 6.61 Å². The Hall–Kier alpha value is -2.20. The molecule has 0 fully saturated rings. The van der Waals surface area contributed by atoms with Gasteiger partial charge in [-0.2, -0.15) is 4.98 Å². The van der Waals surface area contributed by atoms with Gasteiger partial charge < -0.3 is 19.5 Å². The van der Waals surface area contributed by atoms with Crippen LogP contribution in [0.3, 0.4) is 0 Å². The Morgan fingerprint density at radius 1 is 1.30 bits per heavy atom. The number of ether oxygens (including phenoxy) is 3. The highest BCUT2D eigenvalue weighted by molar-refractivity contribution is 9.10. The fourth-order valence-corrected chi connectivity index (χ4v) is 4.57. The van der Waals surface area contributed by atoms with Crippen molar-refractivity contribution in [1.29, 1.82) is 0 Å². The summed E-state index contributed by atoms with van der Waals surface area (Å²) in [6.07, 6.45) is 1.01. The van der Waals surface area contributed by atoms with Crippen LogP contribution in [0, 0.1) is 0 Å². The summed E-state index contributed by atoms with van der Waals surface area (Å²) in [6.45, 7) is 6.01. The van der Waals surface area contributed by atoms with E-state index >= 15 is 0 Å². The smallest absolute Gasteiger partial charge is 0.338 e. The van der Waals surface area contributed by atoms with Crippen LogP contribution in [0.5, 0.6) is 11.5 Å². The number of carbonyl (C=O) groups is 1. The molecule has 10 heteroatoms. The first-order valence-corrected chi connectivity index (χ1v) is 11.4. The summed E-state index contributed by atoms with van der Waals surface area (Å²) in [5, 5.41) is 8.53. The molecule has 2 heterocycles. The normalized spacial score (nSPS) is 15.5. The molecule has 0 aliphatic carbocycles. The third-order valence-corrected chi connectivity index (χ3v) is 6.17. The van der Waals surface area contributed by atoms with Crippen LogP contribution in [0.4, 0.5) is 5.95 Å². The summed E-state index contributed by atoms with van der Waals surface area (Å²) in [4.78, 5) is 17.5. The lowest BCUT2D eigenvalue weighted by Crippen LogP contribution is -2.29. The van der Waals surface area contributed by atoms with Crippen molar-refractivity contribution in [2.75, 3.05) is 31.9 Å². The molecule has 1 N–H and O–H groups in total. The maximum absolute atomic E-state index is 12.9. The van der Waals surface area contributed by atoms with E-state index in [4.69, 9.17) is 14.2 Å². The largest absolute Gasteiger partial charge is 0.493 e. The number of methoxy groups -OCH3 is 2. The second-order valence-electron chi connectivity index (χ2n) is 6.54. The number of anilines is 1. The number of nitrogens with zero attached hydrogens (tertiary/aromatic N) is 3. The van der Waals surface area contributed by atoms with E-state index in [2.05, 4.69) is 38.3 Å². The van der Waals surface area contributed by atoms with Gasteiger partial charge >= 0.3 is 5.97 Å². The summed E-state index contributed by atoms with van der Waals surface area (Å²) in [6, 6.07) is 3.21. The minimum Gasteiger partial charge on any atom is -0.493 e. The van der Waals surface area contributed by atoms with Crippen LogP contribution in [-0.2, 0) is 9.53 Å². The number of carbonyl (C=O) groups excluding carboxylic acids is 1. The van der Waals surface area contributed by atoms with Gasteiger partial charge in [0.05, 0.1) is 30.9 Å². The molecule has 1 atom stereocenters. The van der Waals surface area contributed by atoms with Gasteiger partial charge in [-0.05, 0) is 53.9 Å². The lowest BCUT2D eigenvalue weighted by Gasteiger charge is -2.28. The van der Waals surface area contributed by atoms with Crippen molar-refractivity contribution in [3.05, 3.63) is 33.4 Å². The molecule has 30 heavy (non-hydrogen) atoms. The number of benzene rings is 1. The summed E-state index contributed by atoms with van der Waals surface area (Å²) < 4.78 is 18.7. The van der Waals surface area contributed by atoms with Gasteiger partial charge in [0.1, 0.15) is 6.04 Å². The fourth-order valence-electron chi connectivity index (χ4n) is 3.26. The fraction of sp³-hybridized carbons (Fsp3) is 0.450. The van der Waals surface area contributed by atoms with Crippen molar-refractivity contribution in [1.82, 2.24) is 14.8 Å². The Morgan fingerprint density at radius 3 is 2.70 bits per heavy atom. The summed E-state index contributed by atoms with van der Waals surface area (Å²) in [5.74, 6) is 2.21. The predicted octanol–water partition coefficient (Wildman–Crippen LogP) is 4.41. The van der Waals surface area contributed by atoms with Crippen molar-refractivity contribution in [3.63, 3.8) is 0 Å². The molecule has 162 valence electrons. The number of thioether (sulfide) groups is 1. The van der Waals surface area contributed by atoms with Crippen molar-refractivity contribution in [2.45, 2.75) is 38.4 Å². The lowest BCUT2D eigenvalue weighted by molar-refractivity contribution is -0.139. The highest BCUT2D eigenvalue weighted by Crippen LogP contribution is 2.43. The van der Waals surface area contributed by atoms with E-state index in [1.807, 2.05) is 19.1 Å². The second kappa shape index (κ2) is 9.74. The maximum atomic E-state index is 12.9. The molecular weight excluding hydrogens is 472 g/mol. The lowest BCUT2D eigenvalue weighted by atomic mass is 9.95. The van der Waals surface area contributed by atoms with E-state index in [0.29, 0.717) is 38.3 Å². The molecule has 0 amide bonds. The van der Waals surface area contributed by atoms with Gasteiger partial charge in [-0.25, -0.2) is 9.48 Å². The molecule has 0 spiro atoms. The standard InChI is InChI=1S/C20H25BrN4O4S/c1-6-8-30-20-23-19-22-11(3)15(18(26)29-7-2)16(25(19)24-20)12-9-13(21)17(28-5)14(10-12)27-4/h9-10,16H,6-8H2,1-5H3,(H,22,23,24). The molecule has 1 aliphatic heterocycles. The van der Waals surface area contributed by atoms with Crippen LogP contribution < -0.4 is 14.8 Å². The summed E-state index contributed by atoms with van der Waals surface area (Å²) in [5.41, 5.74) is 1.94. The van der Waals surface area contributed by atoms with Crippen molar-refractivity contribution < 1.29 is 19.0 Å². The molecule has 1 unspecified atom stereocenters. The van der Waals surface area contributed by atoms with E-state index in [1.54, 1.807) is 37.6 Å². The first kappa shape index (κ1) is 22.5. The summed E-state index contributed by atoms with van der Waals surface area (Å²) in [7, 11) is 3.15. The molecule has 1 aromatic carbocycles. The van der Waals surface area contributed by atoms with Crippen LogP contribution >= 0.6 is 27.7 Å². The van der Waals surface area contributed by atoms with Crippen LogP contribution in [0.2, 0.25) is 0 Å². The highest BCUT2D eigenvalue weighted by Gasteiger charge is 2.36. The Balaban J connectivity index is 2.18. The van der Waals surface area contributed by atoms with Gasteiger partial charge in [0.2, 0.25) is 11.1 Å². The number of fused-ring (bicyclic) bond motifs is 1. The van der Waals surface area contributed by atoms with Gasteiger partial charge in [0.15, 0.2) is 11.5 Å². The van der Waals surface area contributed by atoms with Crippen LogP contribution in [-0.4, -0.2) is 47.3 Å². The SMILES string of the molecule is CCCSc1nc2n(n1)C(c1cc(Br)c(OC)c(OC)c1)C(C(=O)OCC)=C(C)N2. The van der Waals surface area contributed by atoms with Crippen molar-refractivity contribution >= 4 is 39.6 Å². The Labute approximate surface area is 188 Å². The Bertz CT molecular complexity index is 976. The number of halogens is 1. The zero-order chi connectivity index (χ0) is 21.8. The molecule has 0 bridgehead atoms. The molecule has 1 aromatic heterocycles. The van der Waals surface area contributed by atoms with E-state index in [0.717, 1.165) is 17.7 Å². The van der Waals surface area contributed by atoms with Gasteiger partial charge in [0, 0.05) is 11.4 Å². The minimum absolute atomic E-state index is 0.278. The minimum atomic E-state index is -0.528. The Kier molecular flexibility index (Phi) is 7.30. The number of aromatic nitrogens is 3. The molecule has 0 radical (unpaired) electrons. The molecule has 2 aromatic rings. The third kappa shape index (κ3) is 4.29. The number of hydrogen-bond acceptors (Lipinski definition) is 8. The molecule has 3 rings (SSSR count). The zero-order valence-electron chi connectivity index (χ0n) is 17.6. The summed E-state index contributed by atoms with van der Waals surface area (Å²) >= 11 is 5.12. The number of nitrogens with one attached hydrogen (secondary N) is 1. The predicted molar refractivity (Wildman–Crippen MR) is 119 cm³/mol. The molecule has 0 saturated heterocycles. The Morgan fingerprint density at radius 2 is 2.07 bits per heavy atom. The number of rotatable bonds is 8. The molecule has 0 saturated carbocycles. The van der Waals surface area contributed by atoms with Gasteiger partial charge in [-0.15, -0.1) is 5.10 Å². The van der Waals surface area contributed by atoms with E-state index in [1.165, 1.54) is 0 Å². The van der Waals surface area contributed by atoms with Crippen LogP contribution in [0.15, 0.2) is 33.0 Å². The zero-order valence-corrected chi connectivity index (χ0v) is 20.0. The highest BCUT2D eigenvalue weighted by atomic mass is 79.9. The molecular formula is C20H25BrN4O4S. The van der Waals surface area contributed by atoms with Crippen molar-refractivity contribution in [3.8, 4) is 11.5 Å². The van der Waals surface area contributed by atoms with E-state index < -0.39 is 12.0 Å². The third-order valence-electron chi connectivity index (χ3n) is 4.54. The number of hydrogen-bond donors (Lipinski definition) is 1. The van der Waals surface area contributed by atoms with Crippen LogP contribution in [0.1, 0.15) is 38.8 Å². The number of esters is 1. The topological polar surface area (TPSA) is 87.5 Å². The van der Waals surface area contributed by atoms with E-state index in [9.17, 15) is 4.79 Å². The molecule has 1 aliphatic rings. The average molecular weight is 497 g/mol. The first-order chi connectivity index (χ1) is 14.4.